The zero-order chi connectivity index (χ0) is 16.1. The molecular formula is C19H18N2O2. The summed E-state index contributed by atoms with van der Waals surface area (Å²) in [6.07, 6.45) is 4.00. The summed E-state index contributed by atoms with van der Waals surface area (Å²) in [5.41, 5.74) is 1.82. The first-order valence-electron chi connectivity index (χ1n) is 7.52. The number of amides is 1. The molecule has 0 bridgehead atoms. The van der Waals surface area contributed by atoms with Gasteiger partial charge in [0.2, 0.25) is 0 Å². The van der Waals surface area contributed by atoms with E-state index in [4.69, 9.17) is 4.74 Å². The summed E-state index contributed by atoms with van der Waals surface area (Å²) in [5, 5.41) is 5.27. The molecule has 1 heterocycles. The second-order valence-corrected chi connectivity index (χ2v) is 5.25. The van der Waals surface area contributed by atoms with Crippen molar-refractivity contribution in [1.82, 2.24) is 10.3 Å². The highest BCUT2D eigenvalue weighted by Gasteiger charge is 2.06. The zero-order valence-corrected chi connectivity index (χ0v) is 13.0. The van der Waals surface area contributed by atoms with Crippen molar-refractivity contribution in [2.24, 2.45) is 0 Å². The van der Waals surface area contributed by atoms with Crippen LogP contribution in [-0.2, 0) is 6.42 Å². The predicted octanol–water partition coefficient (Wildman–Crippen LogP) is 3.22. The van der Waals surface area contributed by atoms with Crippen LogP contribution in [0.3, 0.4) is 0 Å². The lowest BCUT2D eigenvalue weighted by Crippen LogP contribution is -2.25. The van der Waals surface area contributed by atoms with Crippen molar-refractivity contribution in [3.05, 3.63) is 72.1 Å². The Labute approximate surface area is 135 Å². The Hall–Kier alpha value is -2.88. The van der Waals surface area contributed by atoms with Gasteiger partial charge in [-0.15, -0.1) is 0 Å². The molecule has 0 unspecified atom stereocenters. The van der Waals surface area contributed by atoms with Crippen LogP contribution in [-0.4, -0.2) is 24.5 Å². The van der Waals surface area contributed by atoms with Crippen molar-refractivity contribution in [3.63, 3.8) is 0 Å². The number of nitrogens with one attached hydrogen (secondary N) is 1. The maximum atomic E-state index is 12.0. The maximum Gasteiger partial charge on any atom is 0.251 e. The molecule has 0 aliphatic rings. The number of pyridine rings is 1. The highest BCUT2D eigenvalue weighted by atomic mass is 16.5. The SMILES string of the molecule is COc1ccc2cccc(CCNC(=O)c3ccncc3)c2c1. The molecule has 4 heteroatoms. The molecule has 0 aliphatic heterocycles. The molecule has 2 aromatic carbocycles. The first-order valence-corrected chi connectivity index (χ1v) is 7.52. The largest absolute Gasteiger partial charge is 0.497 e. The summed E-state index contributed by atoms with van der Waals surface area (Å²) in [7, 11) is 1.67. The number of fused-ring (bicyclic) bond motifs is 1. The molecule has 3 aromatic rings. The molecule has 1 amide bonds. The fourth-order valence-electron chi connectivity index (χ4n) is 2.58. The van der Waals surface area contributed by atoms with Crippen LogP contribution in [0.15, 0.2) is 60.9 Å². The first-order chi connectivity index (χ1) is 11.3. The van der Waals surface area contributed by atoms with Crippen molar-refractivity contribution in [1.29, 1.82) is 0 Å². The van der Waals surface area contributed by atoms with E-state index in [1.54, 1.807) is 31.6 Å². The number of rotatable bonds is 5. The topological polar surface area (TPSA) is 51.2 Å². The van der Waals surface area contributed by atoms with Crippen molar-refractivity contribution >= 4 is 16.7 Å². The van der Waals surface area contributed by atoms with Crippen molar-refractivity contribution in [3.8, 4) is 5.75 Å². The summed E-state index contributed by atoms with van der Waals surface area (Å²) in [5.74, 6) is 0.760. The third-order valence-electron chi connectivity index (χ3n) is 3.80. The van der Waals surface area contributed by atoms with Gasteiger partial charge in [-0.05, 0) is 47.0 Å². The van der Waals surface area contributed by atoms with Crippen LogP contribution in [0, 0.1) is 0 Å². The summed E-state index contributed by atoms with van der Waals surface area (Å²) in [4.78, 5) is 16.0. The molecule has 0 saturated heterocycles. The Morgan fingerprint density at radius 2 is 1.96 bits per heavy atom. The van der Waals surface area contributed by atoms with E-state index < -0.39 is 0 Å². The van der Waals surface area contributed by atoms with Crippen LogP contribution >= 0.6 is 0 Å². The summed E-state index contributed by atoms with van der Waals surface area (Å²) in [6, 6.07) is 15.7. The standard InChI is InChI=1S/C19H18N2O2/c1-23-17-6-5-14-3-2-4-15(18(14)13-17)9-12-21-19(22)16-7-10-20-11-8-16/h2-8,10-11,13H,9,12H2,1H3,(H,21,22). The molecule has 0 atom stereocenters. The van der Waals surface area contributed by atoms with Crippen molar-refractivity contribution in [2.75, 3.05) is 13.7 Å². The molecule has 0 spiro atoms. The zero-order valence-electron chi connectivity index (χ0n) is 13.0. The van der Waals surface area contributed by atoms with E-state index in [1.807, 2.05) is 24.3 Å². The maximum absolute atomic E-state index is 12.0. The Morgan fingerprint density at radius 1 is 1.13 bits per heavy atom. The summed E-state index contributed by atoms with van der Waals surface area (Å²) in [6.45, 7) is 0.581. The Kier molecular flexibility index (Phi) is 4.52. The van der Waals surface area contributed by atoms with Gasteiger partial charge >= 0.3 is 0 Å². The third-order valence-corrected chi connectivity index (χ3v) is 3.80. The highest BCUT2D eigenvalue weighted by molar-refractivity contribution is 5.94. The van der Waals surface area contributed by atoms with E-state index in [9.17, 15) is 4.79 Å². The average Bonchev–Trinajstić information content (AvgIpc) is 2.62. The quantitative estimate of drug-likeness (QED) is 0.787. The lowest BCUT2D eigenvalue weighted by atomic mass is 10.0. The van der Waals surface area contributed by atoms with Crippen LogP contribution in [0.2, 0.25) is 0 Å². The lowest BCUT2D eigenvalue weighted by Gasteiger charge is -2.09. The third kappa shape index (κ3) is 3.48. The molecule has 0 aliphatic carbocycles. The van der Waals surface area contributed by atoms with Crippen LogP contribution in [0.4, 0.5) is 0 Å². The second kappa shape index (κ2) is 6.92. The van der Waals surface area contributed by atoms with Gasteiger partial charge < -0.3 is 10.1 Å². The van der Waals surface area contributed by atoms with Crippen molar-refractivity contribution in [2.45, 2.75) is 6.42 Å². The molecule has 23 heavy (non-hydrogen) atoms. The fourth-order valence-corrected chi connectivity index (χ4v) is 2.58. The van der Waals surface area contributed by atoms with E-state index in [-0.39, 0.29) is 5.91 Å². The number of nitrogens with zero attached hydrogens (tertiary/aromatic N) is 1. The average molecular weight is 306 g/mol. The van der Waals surface area contributed by atoms with E-state index in [0.29, 0.717) is 12.1 Å². The number of hydrogen-bond acceptors (Lipinski definition) is 3. The molecular weight excluding hydrogens is 288 g/mol. The number of hydrogen-bond donors (Lipinski definition) is 1. The van der Waals surface area contributed by atoms with Gasteiger partial charge in [-0.2, -0.15) is 0 Å². The van der Waals surface area contributed by atoms with Crippen molar-refractivity contribution < 1.29 is 9.53 Å². The number of aromatic nitrogens is 1. The minimum Gasteiger partial charge on any atom is -0.497 e. The van der Waals surface area contributed by atoms with E-state index in [0.717, 1.165) is 17.6 Å². The minimum absolute atomic E-state index is 0.0785. The lowest BCUT2D eigenvalue weighted by molar-refractivity contribution is 0.0954. The van der Waals surface area contributed by atoms with E-state index >= 15 is 0 Å². The normalized spacial score (nSPS) is 10.5. The van der Waals surface area contributed by atoms with E-state index in [1.165, 1.54) is 10.9 Å². The molecule has 0 fully saturated rings. The van der Waals surface area contributed by atoms with Crippen LogP contribution < -0.4 is 10.1 Å². The molecule has 0 saturated carbocycles. The number of benzene rings is 2. The van der Waals surface area contributed by atoms with Crippen LogP contribution in [0.25, 0.3) is 10.8 Å². The molecule has 1 aromatic heterocycles. The number of carbonyl (C=O) groups is 1. The Balaban J connectivity index is 1.71. The molecule has 0 radical (unpaired) electrons. The molecule has 4 nitrogen and oxygen atoms in total. The van der Waals surface area contributed by atoms with Crippen LogP contribution in [0.1, 0.15) is 15.9 Å². The fraction of sp³-hybridized carbons (Fsp3) is 0.158. The van der Waals surface area contributed by atoms with Crippen LogP contribution in [0.5, 0.6) is 5.75 Å². The number of methoxy groups -OCH3 is 1. The Bertz CT molecular complexity index is 816. The monoisotopic (exact) mass is 306 g/mol. The van der Waals surface area contributed by atoms with Gasteiger partial charge in [0.15, 0.2) is 0 Å². The Morgan fingerprint density at radius 3 is 2.74 bits per heavy atom. The summed E-state index contributed by atoms with van der Waals surface area (Å²) < 4.78 is 5.30. The van der Waals surface area contributed by atoms with Gasteiger partial charge in [0, 0.05) is 24.5 Å². The molecule has 116 valence electrons. The number of carbonyl (C=O) groups excluding carboxylic acids is 1. The van der Waals surface area contributed by atoms with Gasteiger partial charge in [0.05, 0.1) is 7.11 Å². The molecule has 1 N–H and O–H groups in total. The summed E-state index contributed by atoms with van der Waals surface area (Å²) >= 11 is 0. The molecule has 3 rings (SSSR count). The minimum atomic E-state index is -0.0785. The van der Waals surface area contributed by atoms with Gasteiger partial charge in [0.25, 0.3) is 5.91 Å². The first kappa shape index (κ1) is 15.0. The van der Waals surface area contributed by atoms with E-state index in [2.05, 4.69) is 22.4 Å². The van der Waals surface area contributed by atoms with Gasteiger partial charge in [-0.1, -0.05) is 24.3 Å². The van der Waals surface area contributed by atoms with Gasteiger partial charge in [0.1, 0.15) is 5.75 Å². The number of ether oxygens (including phenoxy) is 1. The van der Waals surface area contributed by atoms with Gasteiger partial charge in [-0.25, -0.2) is 0 Å². The predicted molar refractivity (Wildman–Crippen MR) is 90.8 cm³/mol. The van der Waals surface area contributed by atoms with Gasteiger partial charge in [-0.3, -0.25) is 9.78 Å². The smallest absolute Gasteiger partial charge is 0.251 e. The second-order valence-electron chi connectivity index (χ2n) is 5.25. The highest BCUT2D eigenvalue weighted by Crippen LogP contribution is 2.24.